The first-order valence-corrected chi connectivity index (χ1v) is 18.7. The van der Waals surface area contributed by atoms with Crippen molar-refractivity contribution in [1.82, 2.24) is 0 Å². The van der Waals surface area contributed by atoms with Gasteiger partial charge in [-0.05, 0) is 80.1 Å². The molecule has 2 nitrogen and oxygen atoms in total. The number of rotatable bonds is 10. The number of aromatic hydroxyl groups is 2. The zero-order chi connectivity index (χ0) is 37.9. The van der Waals surface area contributed by atoms with E-state index in [1.165, 1.54) is 11.1 Å². The van der Waals surface area contributed by atoms with Crippen molar-refractivity contribution >= 4 is 0 Å². The minimum Gasteiger partial charge on any atom is -0.507 e. The standard InChI is InChI=1S/C46H78O2/c1-30(33-22-31(43(14,15)26-39(2,3)4)24-35(37(33)47)45(18,19)28-41(8,9)10)34-23-32(44(16,17)27-40(5,6)7)25-36(38(34)48)46(20,21)29-42(11,12)13/h22-25,30,47-48H,26-29H2,1-21H3. The number of phenols is 2. The van der Waals surface area contributed by atoms with Gasteiger partial charge in [0.1, 0.15) is 11.5 Å². The maximum Gasteiger partial charge on any atom is 0.123 e. The van der Waals surface area contributed by atoms with Gasteiger partial charge in [0.2, 0.25) is 0 Å². The highest BCUT2D eigenvalue weighted by atomic mass is 16.3. The third-order valence-electron chi connectivity index (χ3n) is 10.1. The fourth-order valence-electron chi connectivity index (χ4n) is 9.65. The Labute approximate surface area is 298 Å². The molecule has 0 aliphatic heterocycles. The smallest absolute Gasteiger partial charge is 0.123 e. The molecule has 2 rings (SSSR count). The van der Waals surface area contributed by atoms with Gasteiger partial charge in [-0.15, -0.1) is 0 Å². The summed E-state index contributed by atoms with van der Waals surface area (Å²) in [5.41, 5.74) is 6.13. The van der Waals surface area contributed by atoms with Crippen LogP contribution in [0.5, 0.6) is 11.5 Å². The molecule has 48 heavy (non-hydrogen) atoms. The largest absolute Gasteiger partial charge is 0.507 e. The van der Waals surface area contributed by atoms with Crippen LogP contribution in [0.4, 0.5) is 0 Å². The van der Waals surface area contributed by atoms with Gasteiger partial charge in [-0.3, -0.25) is 0 Å². The third kappa shape index (κ3) is 11.0. The predicted molar refractivity (Wildman–Crippen MR) is 212 cm³/mol. The summed E-state index contributed by atoms with van der Waals surface area (Å²) in [5.74, 6) is 0.539. The second kappa shape index (κ2) is 13.3. The molecule has 0 amide bonds. The molecule has 2 N–H and O–H groups in total. The van der Waals surface area contributed by atoms with E-state index in [0.29, 0.717) is 11.5 Å². The van der Waals surface area contributed by atoms with Crippen LogP contribution < -0.4 is 0 Å². The van der Waals surface area contributed by atoms with Crippen LogP contribution in [0.15, 0.2) is 24.3 Å². The molecule has 2 aromatic carbocycles. The van der Waals surface area contributed by atoms with Crippen LogP contribution in [-0.4, -0.2) is 10.2 Å². The summed E-state index contributed by atoms with van der Waals surface area (Å²) in [6.45, 7) is 48.3. The lowest BCUT2D eigenvalue weighted by molar-refractivity contribution is 0.273. The van der Waals surface area contributed by atoms with Crippen molar-refractivity contribution in [1.29, 1.82) is 0 Å². The Morgan fingerprint density at radius 2 is 0.625 bits per heavy atom. The van der Waals surface area contributed by atoms with Crippen LogP contribution in [-0.2, 0) is 21.7 Å². The first kappa shape index (κ1) is 42.2. The number of hydrogen-bond acceptors (Lipinski definition) is 2. The SMILES string of the molecule is CC(c1cc(C(C)(C)CC(C)(C)C)cc(C(C)(C)CC(C)(C)C)c1O)c1cc(C(C)(C)CC(C)(C)C)cc(C(C)(C)CC(C)(C)C)c1O. The number of hydrogen-bond donors (Lipinski definition) is 2. The lowest BCUT2D eigenvalue weighted by Gasteiger charge is -2.39. The summed E-state index contributed by atoms with van der Waals surface area (Å²) in [4.78, 5) is 0. The molecule has 0 aromatic heterocycles. The molecule has 0 bridgehead atoms. The Hall–Kier alpha value is -1.96. The predicted octanol–water partition coefficient (Wildman–Crippen LogP) is 14.1. The molecule has 2 heteroatoms. The third-order valence-corrected chi connectivity index (χ3v) is 10.1. The summed E-state index contributed by atoms with van der Waals surface area (Å²) >= 11 is 0. The van der Waals surface area contributed by atoms with Crippen molar-refractivity contribution in [2.45, 2.75) is 199 Å². The monoisotopic (exact) mass is 663 g/mol. The summed E-state index contributed by atoms with van der Waals surface area (Å²) in [7, 11) is 0. The molecule has 0 saturated carbocycles. The Balaban J connectivity index is 3.07. The maximum absolute atomic E-state index is 12.3. The van der Waals surface area contributed by atoms with E-state index in [4.69, 9.17) is 0 Å². The summed E-state index contributed by atoms with van der Waals surface area (Å²) in [6, 6.07) is 9.11. The molecule has 2 aromatic rings. The minimum atomic E-state index is -0.247. The lowest BCUT2D eigenvalue weighted by atomic mass is 9.66. The molecular weight excluding hydrogens is 585 g/mol. The highest BCUT2D eigenvalue weighted by molar-refractivity contribution is 5.57. The number of benzene rings is 2. The first-order chi connectivity index (χ1) is 21.0. The molecule has 0 radical (unpaired) electrons. The molecule has 0 saturated heterocycles. The van der Waals surface area contributed by atoms with Crippen LogP contribution in [0.1, 0.15) is 210 Å². The van der Waals surface area contributed by atoms with Gasteiger partial charge >= 0.3 is 0 Å². The van der Waals surface area contributed by atoms with Crippen molar-refractivity contribution in [3.05, 3.63) is 57.6 Å². The fourth-order valence-corrected chi connectivity index (χ4v) is 9.65. The molecule has 0 fully saturated rings. The Kier molecular flexibility index (Phi) is 11.7. The van der Waals surface area contributed by atoms with Crippen molar-refractivity contribution in [2.24, 2.45) is 21.7 Å². The molecular formula is C46H78O2. The molecule has 0 aliphatic carbocycles. The maximum atomic E-state index is 12.3. The van der Waals surface area contributed by atoms with Gasteiger partial charge in [0, 0.05) is 28.2 Å². The Morgan fingerprint density at radius 1 is 0.396 bits per heavy atom. The lowest BCUT2D eigenvalue weighted by Crippen LogP contribution is -2.29. The van der Waals surface area contributed by atoms with Crippen LogP contribution in [0.3, 0.4) is 0 Å². The first-order valence-electron chi connectivity index (χ1n) is 18.7. The van der Waals surface area contributed by atoms with Crippen molar-refractivity contribution in [3.63, 3.8) is 0 Å². The summed E-state index contributed by atoms with van der Waals surface area (Å²) in [5, 5.41) is 24.7. The molecule has 0 atom stereocenters. The Morgan fingerprint density at radius 3 is 0.854 bits per heavy atom. The van der Waals surface area contributed by atoms with E-state index < -0.39 is 0 Å². The van der Waals surface area contributed by atoms with E-state index in [9.17, 15) is 10.2 Å². The van der Waals surface area contributed by atoms with Gasteiger partial charge in [-0.25, -0.2) is 0 Å². The molecule has 0 aliphatic rings. The molecule has 274 valence electrons. The highest BCUT2D eigenvalue weighted by Gasteiger charge is 2.38. The van der Waals surface area contributed by atoms with E-state index in [2.05, 4.69) is 170 Å². The summed E-state index contributed by atoms with van der Waals surface area (Å²) in [6.07, 6.45) is 3.92. The van der Waals surface area contributed by atoms with Crippen LogP contribution >= 0.6 is 0 Å². The van der Waals surface area contributed by atoms with Crippen LogP contribution in [0, 0.1) is 21.7 Å². The van der Waals surface area contributed by atoms with E-state index in [0.717, 1.165) is 47.9 Å². The fraction of sp³-hybridized carbons (Fsp3) is 0.739. The van der Waals surface area contributed by atoms with Crippen LogP contribution in [0.2, 0.25) is 0 Å². The van der Waals surface area contributed by atoms with E-state index >= 15 is 0 Å². The van der Waals surface area contributed by atoms with E-state index in [1.807, 2.05) is 0 Å². The number of phenolic OH excluding ortho intramolecular Hbond substituents is 2. The van der Waals surface area contributed by atoms with E-state index in [1.54, 1.807) is 0 Å². The average Bonchev–Trinajstić information content (AvgIpc) is 2.77. The molecule has 0 spiro atoms. The van der Waals surface area contributed by atoms with Gasteiger partial charge in [-0.1, -0.05) is 170 Å². The second-order valence-electron chi connectivity index (χ2n) is 23.1. The molecule has 0 unspecified atom stereocenters. The van der Waals surface area contributed by atoms with E-state index in [-0.39, 0.29) is 49.2 Å². The summed E-state index contributed by atoms with van der Waals surface area (Å²) < 4.78 is 0. The average molecular weight is 663 g/mol. The van der Waals surface area contributed by atoms with Gasteiger partial charge in [0.15, 0.2) is 0 Å². The van der Waals surface area contributed by atoms with Gasteiger partial charge in [-0.2, -0.15) is 0 Å². The zero-order valence-corrected chi connectivity index (χ0v) is 35.6. The second-order valence-corrected chi connectivity index (χ2v) is 23.1. The quantitative estimate of drug-likeness (QED) is 0.266. The zero-order valence-electron chi connectivity index (χ0n) is 35.6. The topological polar surface area (TPSA) is 40.5 Å². The van der Waals surface area contributed by atoms with Crippen molar-refractivity contribution in [2.75, 3.05) is 0 Å². The Bertz CT molecular complexity index is 1310. The van der Waals surface area contributed by atoms with Gasteiger partial charge in [0.25, 0.3) is 0 Å². The van der Waals surface area contributed by atoms with Gasteiger partial charge in [0.05, 0.1) is 0 Å². The highest BCUT2D eigenvalue weighted by Crippen LogP contribution is 2.51. The minimum absolute atomic E-state index is 0.0947. The normalized spacial score (nSPS) is 14.6. The van der Waals surface area contributed by atoms with Gasteiger partial charge < -0.3 is 10.2 Å². The van der Waals surface area contributed by atoms with Crippen LogP contribution in [0.25, 0.3) is 0 Å². The molecule has 0 heterocycles. The van der Waals surface area contributed by atoms with Crippen molar-refractivity contribution < 1.29 is 10.2 Å². The van der Waals surface area contributed by atoms with Crippen molar-refractivity contribution in [3.8, 4) is 11.5 Å².